The zero-order valence-corrected chi connectivity index (χ0v) is 13.0. The molecule has 0 saturated carbocycles. The zero-order chi connectivity index (χ0) is 15.8. The Hall–Kier alpha value is -2.30. The predicted octanol–water partition coefficient (Wildman–Crippen LogP) is 3.49. The minimum absolute atomic E-state index is 0.132. The molecule has 0 radical (unpaired) electrons. The third-order valence-electron chi connectivity index (χ3n) is 3.03. The molecule has 1 heterocycles. The highest BCUT2D eigenvalue weighted by Crippen LogP contribution is 2.24. The van der Waals surface area contributed by atoms with Gasteiger partial charge in [0, 0.05) is 22.7 Å². The Bertz CT molecular complexity index is 754. The standard InChI is InChI=1S/C16H20N2O3/c1-9-7-14(19)17-13-6-10(2)12(8-11(9)13)18-15(20)21-16(3,4)5/h6-8H,1-5H3,(H,17,19)(H,18,20). The van der Waals surface area contributed by atoms with Gasteiger partial charge in [0.1, 0.15) is 5.60 Å². The topological polar surface area (TPSA) is 71.2 Å². The van der Waals surface area contributed by atoms with Crippen molar-refractivity contribution in [2.24, 2.45) is 0 Å². The number of aromatic amines is 1. The van der Waals surface area contributed by atoms with Gasteiger partial charge < -0.3 is 9.72 Å². The maximum absolute atomic E-state index is 11.9. The molecule has 2 N–H and O–H groups in total. The van der Waals surface area contributed by atoms with E-state index < -0.39 is 11.7 Å². The summed E-state index contributed by atoms with van der Waals surface area (Å²) in [7, 11) is 0. The Morgan fingerprint density at radius 3 is 2.43 bits per heavy atom. The van der Waals surface area contributed by atoms with Crippen LogP contribution in [0, 0.1) is 13.8 Å². The number of nitrogens with one attached hydrogen (secondary N) is 2. The summed E-state index contributed by atoms with van der Waals surface area (Å²) in [5, 5.41) is 3.64. The van der Waals surface area contributed by atoms with Crippen molar-refractivity contribution in [1.82, 2.24) is 4.98 Å². The van der Waals surface area contributed by atoms with Gasteiger partial charge in [-0.3, -0.25) is 10.1 Å². The minimum atomic E-state index is -0.546. The molecule has 0 saturated heterocycles. The number of carbonyl (C=O) groups is 1. The van der Waals surface area contributed by atoms with Crippen molar-refractivity contribution in [1.29, 1.82) is 0 Å². The summed E-state index contributed by atoms with van der Waals surface area (Å²) < 4.78 is 5.25. The summed E-state index contributed by atoms with van der Waals surface area (Å²) in [6.45, 7) is 9.18. The number of amides is 1. The number of pyridine rings is 1. The molecular weight excluding hydrogens is 268 g/mol. The molecule has 112 valence electrons. The van der Waals surface area contributed by atoms with Gasteiger partial charge in [-0.1, -0.05) is 0 Å². The van der Waals surface area contributed by atoms with E-state index in [4.69, 9.17) is 4.74 Å². The van der Waals surface area contributed by atoms with E-state index >= 15 is 0 Å². The number of hydrogen-bond acceptors (Lipinski definition) is 3. The van der Waals surface area contributed by atoms with Crippen LogP contribution < -0.4 is 10.9 Å². The summed E-state index contributed by atoms with van der Waals surface area (Å²) in [5.74, 6) is 0. The van der Waals surface area contributed by atoms with Crippen LogP contribution >= 0.6 is 0 Å². The monoisotopic (exact) mass is 288 g/mol. The van der Waals surface area contributed by atoms with Crippen LogP contribution in [0.25, 0.3) is 10.9 Å². The van der Waals surface area contributed by atoms with Crippen LogP contribution in [-0.2, 0) is 4.74 Å². The molecular formula is C16H20N2O3. The fourth-order valence-corrected chi connectivity index (χ4v) is 2.13. The van der Waals surface area contributed by atoms with Crippen molar-refractivity contribution in [3.63, 3.8) is 0 Å². The van der Waals surface area contributed by atoms with Crippen molar-refractivity contribution < 1.29 is 9.53 Å². The average molecular weight is 288 g/mol. The number of carbonyl (C=O) groups excluding carboxylic acids is 1. The molecule has 2 aromatic rings. The maximum atomic E-state index is 11.9. The van der Waals surface area contributed by atoms with E-state index in [9.17, 15) is 9.59 Å². The average Bonchev–Trinajstić information content (AvgIpc) is 2.28. The van der Waals surface area contributed by atoms with E-state index in [0.29, 0.717) is 5.69 Å². The lowest BCUT2D eigenvalue weighted by Crippen LogP contribution is -2.27. The first-order valence-corrected chi connectivity index (χ1v) is 6.80. The number of aromatic nitrogens is 1. The second-order valence-electron chi connectivity index (χ2n) is 6.16. The molecule has 0 aliphatic rings. The first kappa shape index (κ1) is 15.1. The van der Waals surface area contributed by atoms with Crippen molar-refractivity contribution in [2.45, 2.75) is 40.2 Å². The number of fused-ring (bicyclic) bond motifs is 1. The quantitative estimate of drug-likeness (QED) is 0.843. The Morgan fingerprint density at radius 2 is 1.81 bits per heavy atom. The van der Waals surface area contributed by atoms with Gasteiger partial charge in [0.25, 0.3) is 0 Å². The second kappa shape index (κ2) is 5.24. The third kappa shape index (κ3) is 3.62. The first-order valence-electron chi connectivity index (χ1n) is 6.80. The first-order chi connectivity index (χ1) is 9.65. The Labute approximate surface area is 123 Å². The van der Waals surface area contributed by atoms with E-state index in [0.717, 1.165) is 22.0 Å². The fraction of sp³-hybridized carbons (Fsp3) is 0.375. The Morgan fingerprint density at radius 1 is 1.14 bits per heavy atom. The second-order valence-corrected chi connectivity index (χ2v) is 6.16. The van der Waals surface area contributed by atoms with Gasteiger partial charge in [0.15, 0.2) is 0 Å². The third-order valence-corrected chi connectivity index (χ3v) is 3.03. The molecule has 1 aromatic heterocycles. The summed E-state index contributed by atoms with van der Waals surface area (Å²) in [6, 6.07) is 5.23. The molecule has 5 nitrogen and oxygen atoms in total. The van der Waals surface area contributed by atoms with Crippen LogP contribution in [0.1, 0.15) is 31.9 Å². The van der Waals surface area contributed by atoms with Crippen LogP contribution in [0.5, 0.6) is 0 Å². The fourth-order valence-electron chi connectivity index (χ4n) is 2.13. The highest BCUT2D eigenvalue weighted by Gasteiger charge is 2.17. The van der Waals surface area contributed by atoms with Gasteiger partial charge in [-0.2, -0.15) is 0 Å². The van der Waals surface area contributed by atoms with Crippen molar-refractivity contribution in [3.8, 4) is 0 Å². The zero-order valence-electron chi connectivity index (χ0n) is 13.0. The lowest BCUT2D eigenvalue weighted by atomic mass is 10.1. The van der Waals surface area contributed by atoms with Gasteiger partial charge >= 0.3 is 6.09 Å². The number of ether oxygens (including phenoxy) is 1. The van der Waals surface area contributed by atoms with Gasteiger partial charge in [-0.05, 0) is 57.9 Å². The molecule has 0 spiro atoms. The number of aryl methyl sites for hydroxylation is 2. The molecule has 2 rings (SSSR count). The molecule has 21 heavy (non-hydrogen) atoms. The number of anilines is 1. The maximum Gasteiger partial charge on any atom is 0.412 e. The molecule has 0 bridgehead atoms. The van der Waals surface area contributed by atoms with Crippen LogP contribution in [-0.4, -0.2) is 16.7 Å². The van der Waals surface area contributed by atoms with E-state index in [2.05, 4.69) is 10.3 Å². The van der Waals surface area contributed by atoms with Crippen LogP contribution in [0.4, 0.5) is 10.5 Å². The van der Waals surface area contributed by atoms with Crippen LogP contribution in [0.15, 0.2) is 23.0 Å². The Balaban J connectivity index is 2.39. The summed E-state index contributed by atoms with van der Waals surface area (Å²) >= 11 is 0. The normalized spacial score (nSPS) is 11.5. The summed E-state index contributed by atoms with van der Waals surface area (Å²) in [6.07, 6.45) is -0.493. The highest BCUT2D eigenvalue weighted by atomic mass is 16.6. The highest BCUT2D eigenvalue weighted by molar-refractivity contribution is 5.92. The summed E-state index contributed by atoms with van der Waals surface area (Å²) in [4.78, 5) is 26.1. The van der Waals surface area contributed by atoms with E-state index in [-0.39, 0.29) is 5.56 Å². The van der Waals surface area contributed by atoms with Crippen LogP contribution in [0.2, 0.25) is 0 Å². The van der Waals surface area contributed by atoms with E-state index in [1.54, 1.807) is 0 Å². The van der Waals surface area contributed by atoms with Gasteiger partial charge in [0.05, 0.1) is 0 Å². The lowest BCUT2D eigenvalue weighted by Gasteiger charge is -2.20. The minimum Gasteiger partial charge on any atom is -0.444 e. The van der Waals surface area contributed by atoms with E-state index in [1.165, 1.54) is 6.07 Å². The lowest BCUT2D eigenvalue weighted by molar-refractivity contribution is 0.0636. The number of benzene rings is 1. The SMILES string of the molecule is Cc1cc2[nH]c(=O)cc(C)c2cc1NC(=O)OC(C)(C)C. The molecule has 0 fully saturated rings. The van der Waals surface area contributed by atoms with Gasteiger partial charge in [-0.25, -0.2) is 4.79 Å². The smallest absolute Gasteiger partial charge is 0.412 e. The van der Waals surface area contributed by atoms with Gasteiger partial charge in [-0.15, -0.1) is 0 Å². The van der Waals surface area contributed by atoms with Crippen molar-refractivity contribution in [3.05, 3.63) is 39.7 Å². The molecule has 0 unspecified atom stereocenters. The predicted molar refractivity (Wildman–Crippen MR) is 83.9 cm³/mol. The number of hydrogen-bond donors (Lipinski definition) is 2. The van der Waals surface area contributed by atoms with E-state index in [1.807, 2.05) is 46.8 Å². The number of H-pyrrole nitrogens is 1. The molecule has 0 atom stereocenters. The van der Waals surface area contributed by atoms with Crippen molar-refractivity contribution in [2.75, 3.05) is 5.32 Å². The van der Waals surface area contributed by atoms with Crippen molar-refractivity contribution >= 4 is 22.7 Å². The molecule has 1 amide bonds. The van der Waals surface area contributed by atoms with Crippen LogP contribution in [0.3, 0.4) is 0 Å². The van der Waals surface area contributed by atoms with Gasteiger partial charge in [0.2, 0.25) is 5.56 Å². The Kier molecular flexibility index (Phi) is 3.77. The molecule has 0 aliphatic heterocycles. The summed E-state index contributed by atoms with van der Waals surface area (Å²) in [5.41, 5.74) is 2.47. The molecule has 5 heteroatoms. The number of rotatable bonds is 1. The largest absolute Gasteiger partial charge is 0.444 e. The molecule has 1 aromatic carbocycles. The molecule has 0 aliphatic carbocycles.